The van der Waals surface area contributed by atoms with Gasteiger partial charge in [0.2, 0.25) is 0 Å². The molecule has 1 N–H and O–H groups in total. The van der Waals surface area contributed by atoms with Crippen molar-refractivity contribution < 1.29 is 4.79 Å². The molecule has 6 nitrogen and oxygen atoms in total. The summed E-state index contributed by atoms with van der Waals surface area (Å²) in [6, 6.07) is 13.3. The summed E-state index contributed by atoms with van der Waals surface area (Å²) in [7, 11) is 3.98. The van der Waals surface area contributed by atoms with E-state index in [2.05, 4.69) is 15.2 Å². The van der Waals surface area contributed by atoms with Gasteiger partial charge in [0.25, 0.3) is 11.5 Å². The van der Waals surface area contributed by atoms with Gasteiger partial charge in [-0.1, -0.05) is 36.4 Å². The minimum atomic E-state index is -0.406. The average molecular weight is 364 g/mol. The van der Waals surface area contributed by atoms with E-state index in [1.54, 1.807) is 12.3 Å². The predicted molar refractivity (Wildman–Crippen MR) is 106 cm³/mol. The highest BCUT2D eigenvalue weighted by Crippen LogP contribution is 2.17. The lowest BCUT2D eigenvalue weighted by Crippen LogP contribution is -2.35. The van der Waals surface area contributed by atoms with Crippen LogP contribution < -0.4 is 10.9 Å². The van der Waals surface area contributed by atoms with E-state index in [4.69, 9.17) is 0 Å². The first kappa shape index (κ1) is 18.8. The van der Waals surface area contributed by atoms with Gasteiger partial charge in [-0.05, 0) is 51.2 Å². The van der Waals surface area contributed by atoms with E-state index in [0.29, 0.717) is 5.65 Å². The lowest BCUT2D eigenvalue weighted by atomic mass is 10.0. The molecule has 3 aromatic rings. The van der Waals surface area contributed by atoms with E-state index in [1.807, 2.05) is 57.4 Å². The topological polar surface area (TPSA) is 66.7 Å². The van der Waals surface area contributed by atoms with Crippen molar-refractivity contribution in [2.24, 2.45) is 0 Å². The van der Waals surface area contributed by atoms with E-state index in [9.17, 15) is 9.59 Å². The van der Waals surface area contributed by atoms with Crippen molar-refractivity contribution >= 4 is 11.6 Å². The summed E-state index contributed by atoms with van der Waals surface area (Å²) in [5, 5.41) is 3.01. The molecule has 0 aliphatic carbocycles. The summed E-state index contributed by atoms with van der Waals surface area (Å²) in [4.78, 5) is 32.0. The Hall–Kier alpha value is -2.99. The van der Waals surface area contributed by atoms with Crippen molar-refractivity contribution in [2.75, 3.05) is 20.6 Å². The maximum absolute atomic E-state index is 12.8. The molecule has 0 unspecified atom stereocenters. The number of carbonyl (C=O) groups is 1. The van der Waals surface area contributed by atoms with Crippen LogP contribution in [0.1, 0.15) is 33.9 Å². The third-order valence-corrected chi connectivity index (χ3v) is 4.54. The zero-order chi connectivity index (χ0) is 19.4. The van der Waals surface area contributed by atoms with Gasteiger partial charge in [-0.25, -0.2) is 4.98 Å². The van der Waals surface area contributed by atoms with Crippen molar-refractivity contribution in [1.29, 1.82) is 0 Å². The number of hydrogen-bond donors (Lipinski definition) is 1. The Balaban J connectivity index is 1.90. The fraction of sp³-hybridized carbons (Fsp3) is 0.286. The van der Waals surface area contributed by atoms with Gasteiger partial charge < -0.3 is 10.2 Å². The summed E-state index contributed by atoms with van der Waals surface area (Å²) in [6.45, 7) is 2.70. The van der Waals surface area contributed by atoms with Crippen molar-refractivity contribution in [3.8, 4) is 0 Å². The van der Waals surface area contributed by atoms with Gasteiger partial charge in [-0.2, -0.15) is 0 Å². The first-order chi connectivity index (χ1) is 13.0. The molecule has 6 heteroatoms. The van der Waals surface area contributed by atoms with Crippen LogP contribution in [0.15, 0.2) is 59.7 Å². The molecule has 2 aromatic heterocycles. The Bertz CT molecular complexity index is 996. The molecule has 1 amide bonds. The number of benzene rings is 1. The molecule has 1 atom stereocenters. The SMILES string of the molecule is Cc1cccn2c(=O)c(C(=O)N[C@H](CCN(C)C)c3ccccc3)cnc12. The highest BCUT2D eigenvalue weighted by atomic mass is 16.2. The third kappa shape index (κ3) is 4.23. The molecule has 0 bridgehead atoms. The van der Waals surface area contributed by atoms with Crippen molar-refractivity contribution in [3.63, 3.8) is 0 Å². The Morgan fingerprint density at radius 3 is 2.63 bits per heavy atom. The number of pyridine rings is 1. The Kier molecular flexibility index (Phi) is 5.66. The number of hydrogen-bond acceptors (Lipinski definition) is 4. The summed E-state index contributed by atoms with van der Waals surface area (Å²) < 4.78 is 1.42. The number of aryl methyl sites for hydroxylation is 1. The van der Waals surface area contributed by atoms with Crippen LogP contribution >= 0.6 is 0 Å². The molecule has 0 aliphatic rings. The van der Waals surface area contributed by atoms with Crippen LogP contribution in [0.25, 0.3) is 5.65 Å². The molecular formula is C21H24N4O2. The van der Waals surface area contributed by atoms with Gasteiger partial charge in [0.15, 0.2) is 0 Å². The van der Waals surface area contributed by atoms with Crippen LogP contribution in [0.2, 0.25) is 0 Å². The summed E-state index contributed by atoms with van der Waals surface area (Å²) >= 11 is 0. The first-order valence-electron chi connectivity index (χ1n) is 8.95. The molecular weight excluding hydrogens is 340 g/mol. The monoisotopic (exact) mass is 364 g/mol. The van der Waals surface area contributed by atoms with Gasteiger partial charge in [0, 0.05) is 12.4 Å². The molecule has 0 spiro atoms. The highest BCUT2D eigenvalue weighted by molar-refractivity contribution is 5.94. The minimum absolute atomic E-state index is 0.0453. The molecule has 0 aliphatic heterocycles. The second kappa shape index (κ2) is 8.14. The number of rotatable bonds is 6. The normalized spacial score (nSPS) is 12.3. The van der Waals surface area contributed by atoms with Crippen LogP contribution in [0.3, 0.4) is 0 Å². The van der Waals surface area contributed by atoms with E-state index in [-0.39, 0.29) is 17.2 Å². The predicted octanol–water partition coefficient (Wildman–Crippen LogP) is 2.43. The van der Waals surface area contributed by atoms with E-state index < -0.39 is 5.91 Å². The fourth-order valence-corrected chi connectivity index (χ4v) is 3.03. The van der Waals surface area contributed by atoms with Crippen molar-refractivity contribution in [2.45, 2.75) is 19.4 Å². The largest absolute Gasteiger partial charge is 0.345 e. The second-order valence-electron chi connectivity index (χ2n) is 6.89. The highest BCUT2D eigenvalue weighted by Gasteiger charge is 2.19. The number of carbonyl (C=O) groups excluding carboxylic acids is 1. The molecule has 0 saturated carbocycles. The number of aromatic nitrogens is 2. The number of nitrogens with zero attached hydrogens (tertiary/aromatic N) is 3. The van der Waals surface area contributed by atoms with Gasteiger partial charge in [0.1, 0.15) is 11.2 Å². The Morgan fingerprint density at radius 2 is 1.93 bits per heavy atom. The van der Waals surface area contributed by atoms with Crippen LogP contribution in [-0.4, -0.2) is 40.8 Å². The van der Waals surface area contributed by atoms with Gasteiger partial charge >= 0.3 is 0 Å². The zero-order valence-electron chi connectivity index (χ0n) is 15.8. The Labute approximate surface area is 158 Å². The Morgan fingerprint density at radius 1 is 1.19 bits per heavy atom. The zero-order valence-corrected chi connectivity index (χ0v) is 15.8. The smallest absolute Gasteiger partial charge is 0.270 e. The standard InChI is InChI=1S/C21H24N4O2/c1-15-8-7-12-25-19(15)22-14-17(21(25)27)20(26)23-18(11-13-24(2)3)16-9-5-4-6-10-16/h4-10,12,14,18H,11,13H2,1-3H3,(H,23,26)/t18-/m1/s1. The number of amides is 1. The lowest BCUT2D eigenvalue weighted by Gasteiger charge is -2.21. The van der Waals surface area contributed by atoms with E-state index in [1.165, 1.54) is 10.6 Å². The molecule has 0 saturated heterocycles. The van der Waals surface area contributed by atoms with E-state index in [0.717, 1.165) is 24.1 Å². The number of nitrogens with one attached hydrogen (secondary N) is 1. The van der Waals surface area contributed by atoms with Crippen LogP contribution in [0.4, 0.5) is 0 Å². The molecule has 0 fully saturated rings. The molecule has 140 valence electrons. The molecule has 2 heterocycles. The average Bonchev–Trinajstić information content (AvgIpc) is 2.66. The maximum atomic E-state index is 12.8. The maximum Gasteiger partial charge on any atom is 0.270 e. The van der Waals surface area contributed by atoms with Crippen molar-refractivity contribution in [3.05, 3.63) is 81.9 Å². The van der Waals surface area contributed by atoms with Crippen molar-refractivity contribution in [1.82, 2.24) is 19.6 Å². The summed E-state index contributed by atoms with van der Waals surface area (Å²) in [5.74, 6) is -0.406. The quantitative estimate of drug-likeness (QED) is 0.729. The minimum Gasteiger partial charge on any atom is -0.345 e. The molecule has 0 radical (unpaired) electrons. The van der Waals surface area contributed by atoms with Gasteiger partial charge in [-0.3, -0.25) is 14.0 Å². The summed E-state index contributed by atoms with van der Waals surface area (Å²) in [6.07, 6.45) is 3.74. The fourth-order valence-electron chi connectivity index (χ4n) is 3.03. The number of fused-ring (bicyclic) bond motifs is 1. The third-order valence-electron chi connectivity index (χ3n) is 4.54. The lowest BCUT2D eigenvalue weighted by molar-refractivity contribution is 0.0930. The summed E-state index contributed by atoms with van der Waals surface area (Å²) in [5.41, 5.74) is 2.14. The molecule has 3 rings (SSSR count). The molecule has 27 heavy (non-hydrogen) atoms. The van der Waals surface area contributed by atoms with Crippen LogP contribution in [-0.2, 0) is 0 Å². The van der Waals surface area contributed by atoms with Crippen LogP contribution in [0, 0.1) is 6.92 Å². The first-order valence-corrected chi connectivity index (χ1v) is 8.95. The van der Waals surface area contributed by atoms with Crippen LogP contribution in [0.5, 0.6) is 0 Å². The van der Waals surface area contributed by atoms with Gasteiger partial charge in [0.05, 0.1) is 6.04 Å². The van der Waals surface area contributed by atoms with E-state index >= 15 is 0 Å². The molecule has 1 aromatic carbocycles. The van der Waals surface area contributed by atoms with Gasteiger partial charge in [-0.15, -0.1) is 0 Å². The second-order valence-corrected chi connectivity index (χ2v) is 6.89.